The number of amides is 2. The van der Waals surface area contributed by atoms with Gasteiger partial charge in [-0.15, -0.1) is 0 Å². The van der Waals surface area contributed by atoms with Crippen LogP contribution in [0.3, 0.4) is 0 Å². The number of hydrogen-bond acceptors (Lipinski definition) is 4. The maximum absolute atomic E-state index is 11.5. The molecule has 6 heteroatoms. The Morgan fingerprint density at radius 3 is 1.75 bits per heavy atom. The third kappa shape index (κ3) is 2.93. The second-order valence-electron chi connectivity index (χ2n) is 4.01. The highest BCUT2D eigenvalue weighted by Crippen LogP contribution is 2.15. The van der Waals surface area contributed by atoms with Crippen LogP contribution in [-0.2, 0) is 9.59 Å². The lowest BCUT2D eigenvalue weighted by molar-refractivity contribution is -0.216. The summed E-state index contributed by atoms with van der Waals surface area (Å²) in [4.78, 5) is 25.5. The third-order valence-electron chi connectivity index (χ3n) is 2.54. The first-order chi connectivity index (χ1) is 7.39. The summed E-state index contributed by atoms with van der Waals surface area (Å²) < 4.78 is 0. The molecule has 1 aliphatic heterocycles. The first-order valence-electron chi connectivity index (χ1n) is 5.40. The van der Waals surface area contributed by atoms with E-state index in [1.807, 2.05) is 0 Å². The molecule has 6 nitrogen and oxygen atoms in total. The van der Waals surface area contributed by atoms with E-state index in [9.17, 15) is 19.8 Å². The van der Waals surface area contributed by atoms with Crippen molar-refractivity contribution < 1.29 is 19.8 Å². The zero-order chi connectivity index (χ0) is 12.3. The average Bonchev–Trinajstić information content (AvgIpc) is 2.24. The van der Waals surface area contributed by atoms with Crippen LogP contribution in [0.4, 0.5) is 0 Å². The predicted molar refractivity (Wildman–Crippen MR) is 56.0 cm³/mol. The van der Waals surface area contributed by atoms with Gasteiger partial charge in [0.05, 0.1) is 19.8 Å². The Kier molecular flexibility index (Phi) is 3.88. The second-order valence-corrected chi connectivity index (χ2v) is 4.01. The Labute approximate surface area is 94.4 Å². The molecule has 16 heavy (non-hydrogen) atoms. The van der Waals surface area contributed by atoms with Crippen LogP contribution in [0.1, 0.15) is 26.7 Å². The van der Waals surface area contributed by atoms with E-state index in [4.69, 9.17) is 0 Å². The monoisotopic (exact) mass is 230 g/mol. The van der Waals surface area contributed by atoms with Crippen molar-refractivity contribution in [2.24, 2.45) is 0 Å². The van der Waals surface area contributed by atoms with Gasteiger partial charge < -0.3 is 20.0 Å². The van der Waals surface area contributed by atoms with Crippen LogP contribution in [0.2, 0.25) is 0 Å². The highest BCUT2D eigenvalue weighted by atomic mass is 16.5. The number of β-amino-alcohol motifs (C(OH)–C–C–N with tert-alkyl or cyclic N) is 2. The average molecular weight is 230 g/mol. The first kappa shape index (κ1) is 12.9. The zero-order valence-corrected chi connectivity index (χ0v) is 9.64. The van der Waals surface area contributed by atoms with Gasteiger partial charge in [-0.3, -0.25) is 9.59 Å². The van der Waals surface area contributed by atoms with Crippen molar-refractivity contribution in [2.45, 2.75) is 32.5 Å². The molecule has 0 spiro atoms. The molecule has 1 fully saturated rings. The summed E-state index contributed by atoms with van der Waals surface area (Å²) in [5.41, 5.74) is 0. The maximum Gasteiger partial charge on any atom is 0.223 e. The topological polar surface area (TPSA) is 81.1 Å². The summed E-state index contributed by atoms with van der Waals surface area (Å²) >= 11 is 0. The molecule has 0 saturated carbocycles. The van der Waals surface area contributed by atoms with Gasteiger partial charge in [0, 0.05) is 12.8 Å². The summed E-state index contributed by atoms with van der Waals surface area (Å²) in [6.07, 6.45) is 0.564. The molecule has 0 aromatic rings. The Morgan fingerprint density at radius 2 is 1.44 bits per heavy atom. The molecule has 92 valence electrons. The Bertz CT molecular complexity index is 265. The van der Waals surface area contributed by atoms with Crippen LogP contribution in [0.5, 0.6) is 0 Å². The van der Waals surface area contributed by atoms with E-state index in [1.165, 1.54) is 9.80 Å². The third-order valence-corrected chi connectivity index (χ3v) is 2.54. The number of carbonyl (C=O) groups excluding carboxylic acids is 2. The molecule has 2 N–H and O–H groups in total. The van der Waals surface area contributed by atoms with Crippen molar-refractivity contribution in [1.29, 1.82) is 0 Å². The molecule has 1 aliphatic rings. The summed E-state index contributed by atoms with van der Waals surface area (Å²) in [7, 11) is 0. The summed E-state index contributed by atoms with van der Waals surface area (Å²) in [6, 6.07) is 0. The Hall–Kier alpha value is -1.14. The number of nitrogens with zero attached hydrogens (tertiary/aromatic N) is 2. The van der Waals surface area contributed by atoms with Crippen molar-refractivity contribution in [2.75, 3.05) is 19.8 Å². The van der Waals surface area contributed by atoms with Crippen LogP contribution < -0.4 is 0 Å². The van der Waals surface area contributed by atoms with Gasteiger partial charge in [-0.25, -0.2) is 0 Å². The standard InChI is InChI=1S/C10H18N2O4/c1-3-8(13)11-5-10(15,16)6-12(7-11)9(14)4-2/h15-16H,3-7H2,1-2H3. The minimum Gasteiger partial charge on any atom is -0.363 e. The molecule has 0 atom stereocenters. The lowest BCUT2D eigenvalue weighted by Crippen LogP contribution is -2.62. The minimum absolute atomic E-state index is 0.141. The molecular formula is C10H18N2O4. The number of carbonyl (C=O) groups is 2. The molecule has 1 heterocycles. The van der Waals surface area contributed by atoms with Crippen LogP contribution >= 0.6 is 0 Å². The van der Waals surface area contributed by atoms with E-state index in [0.29, 0.717) is 0 Å². The highest BCUT2D eigenvalue weighted by molar-refractivity contribution is 5.79. The molecule has 2 amide bonds. The molecule has 0 aliphatic carbocycles. The van der Waals surface area contributed by atoms with Crippen LogP contribution in [-0.4, -0.2) is 57.4 Å². The Balaban J connectivity index is 2.77. The highest BCUT2D eigenvalue weighted by Gasteiger charge is 2.38. The van der Waals surface area contributed by atoms with Crippen LogP contribution in [0.25, 0.3) is 0 Å². The van der Waals surface area contributed by atoms with E-state index in [2.05, 4.69) is 0 Å². The largest absolute Gasteiger partial charge is 0.363 e. The van der Waals surface area contributed by atoms with Crippen molar-refractivity contribution >= 4 is 11.8 Å². The molecule has 0 unspecified atom stereocenters. The van der Waals surface area contributed by atoms with Crippen molar-refractivity contribution in [3.8, 4) is 0 Å². The normalized spacial score (nSPS) is 19.8. The first-order valence-corrected chi connectivity index (χ1v) is 5.40. The molecule has 0 radical (unpaired) electrons. The van der Waals surface area contributed by atoms with E-state index in [0.717, 1.165) is 0 Å². The molecule has 1 rings (SSSR count). The van der Waals surface area contributed by atoms with Gasteiger partial charge in [-0.2, -0.15) is 0 Å². The second kappa shape index (κ2) is 4.80. The van der Waals surface area contributed by atoms with Crippen LogP contribution in [0.15, 0.2) is 0 Å². The van der Waals surface area contributed by atoms with Gasteiger partial charge in [-0.1, -0.05) is 13.8 Å². The predicted octanol–water partition coefficient (Wildman–Crippen LogP) is -0.884. The van der Waals surface area contributed by atoms with Crippen molar-refractivity contribution in [3.63, 3.8) is 0 Å². The SMILES string of the molecule is CCC(=O)N1CN(C(=O)CC)CC(O)(O)C1. The summed E-state index contributed by atoms with van der Waals surface area (Å²) in [6.45, 7) is 3.24. The minimum atomic E-state index is -2.01. The lowest BCUT2D eigenvalue weighted by Gasteiger charge is -2.42. The van der Waals surface area contributed by atoms with Gasteiger partial charge in [-0.05, 0) is 0 Å². The summed E-state index contributed by atoms with van der Waals surface area (Å²) in [5.74, 6) is -2.39. The fourth-order valence-electron chi connectivity index (χ4n) is 1.75. The van der Waals surface area contributed by atoms with Crippen molar-refractivity contribution in [1.82, 2.24) is 9.80 Å². The quantitative estimate of drug-likeness (QED) is 0.603. The number of aliphatic hydroxyl groups is 2. The van der Waals surface area contributed by atoms with Gasteiger partial charge in [0.15, 0.2) is 5.79 Å². The van der Waals surface area contributed by atoms with Gasteiger partial charge in [0.1, 0.15) is 0 Å². The maximum atomic E-state index is 11.5. The van der Waals surface area contributed by atoms with Gasteiger partial charge in [0.2, 0.25) is 11.8 Å². The molecule has 0 aromatic carbocycles. The molecule has 0 aromatic heterocycles. The van der Waals surface area contributed by atoms with Crippen molar-refractivity contribution in [3.05, 3.63) is 0 Å². The summed E-state index contributed by atoms with van der Waals surface area (Å²) in [5, 5.41) is 19.1. The zero-order valence-electron chi connectivity index (χ0n) is 9.64. The molecular weight excluding hydrogens is 212 g/mol. The number of hydrogen-bond donors (Lipinski definition) is 2. The van der Waals surface area contributed by atoms with E-state index in [1.54, 1.807) is 13.8 Å². The molecule has 1 saturated heterocycles. The van der Waals surface area contributed by atoms with Crippen LogP contribution in [0, 0.1) is 0 Å². The van der Waals surface area contributed by atoms with Gasteiger partial charge >= 0.3 is 0 Å². The van der Waals surface area contributed by atoms with E-state index in [-0.39, 0.29) is 44.4 Å². The smallest absolute Gasteiger partial charge is 0.223 e. The Morgan fingerprint density at radius 1 is 1.06 bits per heavy atom. The molecule has 0 bridgehead atoms. The lowest BCUT2D eigenvalue weighted by atomic mass is 10.1. The number of rotatable bonds is 2. The van der Waals surface area contributed by atoms with Gasteiger partial charge in [0.25, 0.3) is 0 Å². The van der Waals surface area contributed by atoms with E-state index >= 15 is 0 Å². The van der Waals surface area contributed by atoms with E-state index < -0.39 is 5.79 Å². The fourth-order valence-corrected chi connectivity index (χ4v) is 1.75. The fraction of sp³-hybridized carbons (Fsp3) is 0.800.